The molecule has 0 saturated heterocycles. The smallest absolute Gasteiger partial charge is 0.318 e. The molecule has 3 N–H and O–H groups in total. The summed E-state index contributed by atoms with van der Waals surface area (Å²) in [6, 6.07) is 8.13. The van der Waals surface area contributed by atoms with E-state index in [1.54, 1.807) is 24.3 Å². The van der Waals surface area contributed by atoms with Crippen molar-refractivity contribution in [2.75, 3.05) is 17.1 Å². The number of sulfonamides is 1. The molecule has 0 bridgehead atoms. The summed E-state index contributed by atoms with van der Waals surface area (Å²) in [5, 5.41) is 5.07. The van der Waals surface area contributed by atoms with Crippen LogP contribution in [0.15, 0.2) is 35.2 Å². The molecule has 2 aromatic carbocycles. The van der Waals surface area contributed by atoms with E-state index in [1.165, 1.54) is 7.05 Å². The van der Waals surface area contributed by atoms with Gasteiger partial charge in [0.2, 0.25) is 0 Å². The number of aryl methyl sites for hydroxylation is 2. The highest BCUT2D eigenvalue weighted by Crippen LogP contribution is 2.28. The fourth-order valence-corrected chi connectivity index (χ4v) is 4.28. The highest BCUT2D eigenvalue weighted by molar-refractivity contribution is 7.92. The van der Waals surface area contributed by atoms with Crippen molar-refractivity contribution in [2.45, 2.75) is 32.6 Å². The van der Waals surface area contributed by atoms with Crippen LogP contribution in [0, 0.1) is 27.7 Å². The first-order valence-electron chi connectivity index (χ1n) is 7.84. The molecule has 7 heteroatoms. The van der Waals surface area contributed by atoms with E-state index in [4.69, 9.17) is 0 Å². The van der Waals surface area contributed by atoms with Crippen molar-refractivity contribution in [3.8, 4) is 0 Å². The van der Waals surface area contributed by atoms with Gasteiger partial charge in [0.1, 0.15) is 0 Å². The SMILES string of the molecule is CNC(=O)Nc1ccc(NS(=O)(=O)c2c(C)c(C)cc(C)c2C)cc1. The van der Waals surface area contributed by atoms with Crippen LogP contribution >= 0.6 is 0 Å². The van der Waals surface area contributed by atoms with Gasteiger partial charge in [-0.15, -0.1) is 0 Å². The van der Waals surface area contributed by atoms with E-state index >= 15 is 0 Å². The van der Waals surface area contributed by atoms with Gasteiger partial charge < -0.3 is 10.6 Å². The van der Waals surface area contributed by atoms with Gasteiger partial charge in [0, 0.05) is 18.4 Å². The number of benzene rings is 2. The summed E-state index contributed by atoms with van der Waals surface area (Å²) in [7, 11) is -2.19. The Morgan fingerprint density at radius 3 is 1.84 bits per heavy atom. The molecule has 0 fully saturated rings. The molecular weight excluding hydrogens is 338 g/mol. The lowest BCUT2D eigenvalue weighted by Gasteiger charge is -2.17. The van der Waals surface area contributed by atoms with Crippen molar-refractivity contribution in [3.63, 3.8) is 0 Å². The maximum atomic E-state index is 12.9. The fraction of sp³-hybridized carbons (Fsp3) is 0.278. The lowest BCUT2D eigenvalue weighted by atomic mass is 10.0. The molecule has 0 aliphatic heterocycles. The summed E-state index contributed by atoms with van der Waals surface area (Å²) in [5.41, 5.74) is 4.37. The first kappa shape index (κ1) is 18.8. The van der Waals surface area contributed by atoms with Crippen molar-refractivity contribution in [3.05, 3.63) is 52.6 Å². The van der Waals surface area contributed by atoms with Gasteiger partial charge in [-0.25, -0.2) is 13.2 Å². The van der Waals surface area contributed by atoms with Crippen molar-refractivity contribution in [1.82, 2.24) is 5.32 Å². The van der Waals surface area contributed by atoms with Crippen LogP contribution < -0.4 is 15.4 Å². The van der Waals surface area contributed by atoms with Crippen LogP contribution in [0.4, 0.5) is 16.2 Å². The zero-order chi connectivity index (χ0) is 18.8. The Morgan fingerprint density at radius 1 is 0.880 bits per heavy atom. The molecule has 0 spiro atoms. The second-order valence-electron chi connectivity index (χ2n) is 5.98. The molecule has 2 aromatic rings. The van der Waals surface area contributed by atoms with Crippen LogP contribution in [0.2, 0.25) is 0 Å². The van der Waals surface area contributed by atoms with Crippen LogP contribution in [-0.4, -0.2) is 21.5 Å². The third-order valence-electron chi connectivity index (χ3n) is 4.19. The second kappa shape index (κ2) is 7.14. The van der Waals surface area contributed by atoms with Gasteiger partial charge in [0.05, 0.1) is 4.90 Å². The zero-order valence-electron chi connectivity index (χ0n) is 15.0. The van der Waals surface area contributed by atoms with Crippen LogP contribution in [0.5, 0.6) is 0 Å². The number of hydrogen-bond acceptors (Lipinski definition) is 3. The number of nitrogens with one attached hydrogen (secondary N) is 3. The minimum absolute atomic E-state index is 0.317. The third-order valence-corrected chi connectivity index (χ3v) is 5.84. The summed E-state index contributed by atoms with van der Waals surface area (Å²) in [6.07, 6.45) is 0. The molecule has 0 aliphatic carbocycles. The maximum absolute atomic E-state index is 12.9. The van der Waals surface area contributed by atoms with Gasteiger partial charge in [-0.1, -0.05) is 6.07 Å². The Hall–Kier alpha value is -2.54. The Balaban J connectivity index is 2.33. The Morgan fingerprint density at radius 2 is 1.36 bits per heavy atom. The number of carbonyl (C=O) groups is 1. The summed E-state index contributed by atoms with van der Waals surface area (Å²) >= 11 is 0. The van der Waals surface area contributed by atoms with Gasteiger partial charge >= 0.3 is 6.03 Å². The zero-order valence-corrected chi connectivity index (χ0v) is 15.8. The lowest BCUT2D eigenvalue weighted by Crippen LogP contribution is -2.24. The molecule has 0 radical (unpaired) electrons. The van der Waals surface area contributed by atoms with Crippen molar-refractivity contribution >= 4 is 27.4 Å². The van der Waals surface area contributed by atoms with E-state index in [9.17, 15) is 13.2 Å². The number of amides is 2. The number of urea groups is 1. The summed E-state index contributed by atoms with van der Waals surface area (Å²) in [4.78, 5) is 11.6. The average molecular weight is 361 g/mol. The predicted molar refractivity (Wildman–Crippen MR) is 101 cm³/mol. The minimum atomic E-state index is -3.71. The molecule has 0 aromatic heterocycles. The van der Waals surface area contributed by atoms with E-state index in [2.05, 4.69) is 15.4 Å². The molecule has 134 valence electrons. The van der Waals surface area contributed by atoms with E-state index < -0.39 is 10.0 Å². The van der Waals surface area contributed by atoms with Crippen molar-refractivity contribution in [2.24, 2.45) is 0 Å². The van der Waals surface area contributed by atoms with Crippen molar-refractivity contribution < 1.29 is 13.2 Å². The summed E-state index contributed by atoms with van der Waals surface area (Å²) in [6.45, 7) is 7.43. The molecule has 2 rings (SSSR count). The van der Waals surface area contributed by atoms with Gasteiger partial charge in [-0.2, -0.15) is 0 Å². The summed E-state index contributed by atoms with van der Waals surface area (Å²) in [5.74, 6) is 0. The van der Waals surface area contributed by atoms with Crippen LogP contribution in [0.25, 0.3) is 0 Å². The van der Waals surface area contributed by atoms with Gasteiger partial charge in [0.15, 0.2) is 0 Å². The quantitative estimate of drug-likeness (QED) is 0.779. The van der Waals surface area contributed by atoms with Crippen molar-refractivity contribution in [1.29, 1.82) is 0 Å². The van der Waals surface area contributed by atoms with E-state index in [0.717, 1.165) is 22.3 Å². The molecule has 25 heavy (non-hydrogen) atoms. The molecule has 0 heterocycles. The standard InChI is InChI=1S/C18H23N3O3S/c1-11-10-12(2)14(4)17(13(11)3)25(23,24)21-16-8-6-15(7-9-16)20-18(22)19-5/h6-10,21H,1-5H3,(H2,19,20,22). The van der Waals surface area contributed by atoms with Gasteiger partial charge in [-0.3, -0.25) is 4.72 Å². The molecule has 0 aliphatic rings. The lowest BCUT2D eigenvalue weighted by molar-refractivity contribution is 0.254. The monoisotopic (exact) mass is 361 g/mol. The number of rotatable bonds is 4. The Labute approximate surface area is 148 Å². The average Bonchev–Trinajstić information content (AvgIpc) is 2.54. The van der Waals surface area contributed by atoms with E-state index in [-0.39, 0.29) is 6.03 Å². The second-order valence-corrected chi connectivity index (χ2v) is 7.60. The molecule has 2 amide bonds. The highest BCUT2D eigenvalue weighted by Gasteiger charge is 2.22. The third kappa shape index (κ3) is 4.11. The molecule has 0 unspecified atom stereocenters. The molecule has 0 atom stereocenters. The number of hydrogen-bond donors (Lipinski definition) is 3. The maximum Gasteiger partial charge on any atom is 0.318 e. The van der Waals surface area contributed by atoms with Gasteiger partial charge in [-0.05, 0) is 74.2 Å². The predicted octanol–water partition coefficient (Wildman–Crippen LogP) is 3.47. The molecule has 6 nitrogen and oxygen atoms in total. The van der Waals surface area contributed by atoms with Crippen LogP contribution in [0.3, 0.4) is 0 Å². The van der Waals surface area contributed by atoms with Crippen LogP contribution in [-0.2, 0) is 10.0 Å². The number of carbonyl (C=O) groups excluding carboxylic acids is 1. The van der Waals surface area contributed by atoms with Gasteiger partial charge in [0.25, 0.3) is 10.0 Å². The number of anilines is 2. The van der Waals surface area contributed by atoms with Crippen LogP contribution in [0.1, 0.15) is 22.3 Å². The molecular formula is C18H23N3O3S. The normalized spacial score (nSPS) is 11.1. The first-order valence-corrected chi connectivity index (χ1v) is 9.33. The van der Waals surface area contributed by atoms with E-state index in [0.29, 0.717) is 16.3 Å². The minimum Gasteiger partial charge on any atom is -0.341 e. The highest BCUT2D eigenvalue weighted by atomic mass is 32.2. The molecule has 0 saturated carbocycles. The van der Waals surface area contributed by atoms with E-state index in [1.807, 2.05) is 33.8 Å². The Bertz CT molecular complexity index is 878. The first-order chi connectivity index (χ1) is 11.7. The topological polar surface area (TPSA) is 87.3 Å². The summed E-state index contributed by atoms with van der Waals surface area (Å²) < 4.78 is 28.3. The fourth-order valence-electron chi connectivity index (χ4n) is 2.61. The Kier molecular flexibility index (Phi) is 5.37. The largest absolute Gasteiger partial charge is 0.341 e.